The van der Waals surface area contributed by atoms with Gasteiger partial charge in [0.25, 0.3) is 0 Å². The molecule has 1 aromatic carbocycles. The van der Waals surface area contributed by atoms with E-state index in [1.165, 1.54) is 17.9 Å². The number of rotatable bonds is 4. The molecule has 0 radical (unpaired) electrons. The van der Waals surface area contributed by atoms with Crippen LogP contribution in [-0.2, 0) is 14.3 Å². The lowest BCUT2D eigenvalue weighted by Gasteiger charge is -2.21. The van der Waals surface area contributed by atoms with Crippen LogP contribution in [0.2, 0.25) is 0 Å². The van der Waals surface area contributed by atoms with Crippen LogP contribution in [0.3, 0.4) is 0 Å². The van der Waals surface area contributed by atoms with E-state index in [9.17, 15) is 14.0 Å². The largest absolute Gasteiger partial charge is 0.442 e. The second-order valence-corrected chi connectivity index (χ2v) is 5.79. The molecule has 2 amide bonds. The highest BCUT2D eigenvalue weighted by Gasteiger charge is 2.33. The number of ether oxygens (including phenoxy) is 2. The van der Waals surface area contributed by atoms with Gasteiger partial charge in [-0.3, -0.25) is 9.69 Å². The Labute approximate surface area is 139 Å². The molecular weight excluding hydrogens is 315 g/mol. The fraction of sp³-hybridized carbons (Fsp3) is 0.412. The third-order valence-corrected chi connectivity index (χ3v) is 4.01. The van der Waals surface area contributed by atoms with Crippen LogP contribution in [0.15, 0.2) is 30.4 Å². The quantitative estimate of drug-likeness (QED) is 0.858. The second-order valence-electron chi connectivity index (χ2n) is 5.79. The van der Waals surface area contributed by atoms with Gasteiger partial charge in [0.1, 0.15) is 11.9 Å². The summed E-state index contributed by atoms with van der Waals surface area (Å²) in [4.78, 5) is 24.3. The van der Waals surface area contributed by atoms with Gasteiger partial charge in [-0.1, -0.05) is 18.2 Å². The van der Waals surface area contributed by atoms with Crippen molar-refractivity contribution in [1.82, 2.24) is 5.32 Å². The van der Waals surface area contributed by atoms with E-state index < -0.39 is 18.0 Å². The van der Waals surface area contributed by atoms with Gasteiger partial charge < -0.3 is 14.8 Å². The molecule has 1 aromatic rings. The Balaban J connectivity index is 1.70. The van der Waals surface area contributed by atoms with E-state index in [1.807, 2.05) is 12.2 Å². The Morgan fingerprint density at radius 2 is 2.25 bits per heavy atom. The molecule has 24 heavy (non-hydrogen) atoms. The maximum absolute atomic E-state index is 14.4. The van der Waals surface area contributed by atoms with Crippen LogP contribution >= 0.6 is 0 Å². The highest BCUT2D eigenvalue weighted by molar-refractivity contribution is 5.89. The predicted octanol–water partition coefficient (Wildman–Crippen LogP) is 2.30. The topological polar surface area (TPSA) is 67.9 Å². The summed E-state index contributed by atoms with van der Waals surface area (Å²) in [5, 5.41) is 2.60. The number of benzene rings is 1. The monoisotopic (exact) mass is 334 g/mol. The lowest BCUT2D eigenvalue weighted by atomic mass is 10.0. The second kappa shape index (κ2) is 7.00. The molecule has 1 saturated heterocycles. The van der Waals surface area contributed by atoms with Crippen LogP contribution in [0.25, 0.3) is 0 Å². The molecule has 0 saturated carbocycles. The van der Waals surface area contributed by atoms with Crippen LogP contribution in [-0.4, -0.2) is 37.8 Å². The van der Waals surface area contributed by atoms with Crippen molar-refractivity contribution in [3.8, 4) is 0 Å². The number of anilines is 1. The molecule has 2 heterocycles. The fourth-order valence-electron chi connectivity index (χ4n) is 2.79. The van der Waals surface area contributed by atoms with E-state index in [0.717, 1.165) is 0 Å². The Bertz CT molecular complexity index is 677. The summed E-state index contributed by atoms with van der Waals surface area (Å²) in [6.45, 7) is 2.36. The average Bonchev–Trinajstić information content (AvgIpc) is 2.94. The van der Waals surface area contributed by atoms with Crippen molar-refractivity contribution in [3.05, 3.63) is 41.7 Å². The van der Waals surface area contributed by atoms with Crippen molar-refractivity contribution < 1.29 is 23.5 Å². The van der Waals surface area contributed by atoms with E-state index in [-0.39, 0.29) is 25.1 Å². The molecule has 1 fully saturated rings. The molecule has 2 aliphatic heterocycles. The van der Waals surface area contributed by atoms with E-state index in [0.29, 0.717) is 24.3 Å². The van der Waals surface area contributed by atoms with Gasteiger partial charge >= 0.3 is 6.09 Å². The van der Waals surface area contributed by atoms with Crippen LogP contribution < -0.4 is 10.2 Å². The van der Waals surface area contributed by atoms with E-state index in [2.05, 4.69) is 5.32 Å². The van der Waals surface area contributed by atoms with Crippen molar-refractivity contribution in [1.29, 1.82) is 0 Å². The SMILES string of the molecule is CC(=O)NCC1CN(c2ccc(C3CC=CCO3)c(F)c2)C(=O)O1. The smallest absolute Gasteiger partial charge is 0.414 e. The van der Waals surface area contributed by atoms with Gasteiger partial charge in [0.05, 0.1) is 31.5 Å². The molecule has 6 nitrogen and oxygen atoms in total. The maximum Gasteiger partial charge on any atom is 0.414 e. The first kappa shape index (κ1) is 16.4. The molecule has 3 rings (SSSR count). The molecule has 2 aliphatic rings. The van der Waals surface area contributed by atoms with E-state index in [1.54, 1.807) is 12.1 Å². The predicted molar refractivity (Wildman–Crippen MR) is 85.1 cm³/mol. The molecule has 0 spiro atoms. The normalized spacial score (nSPS) is 23.2. The van der Waals surface area contributed by atoms with Gasteiger partial charge in [-0.15, -0.1) is 0 Å². The standard InChI is InChI=1S/C17H19FN2O4/c1-11(21)19-9-13-10-20(17(22)24-13)12-5-6-14(15(18)8-12)16-4-2-3-7-23-16/h2-3,5-6,8,13,16H,4,7,9-10H2,1H3,(H,19,21). The summed E-state index contributed by atoms with van der Waals surface area (Å²) in [5.74, 6) is -0.604. The zero-order valence-corrected chi connectivity index (χ0v) is 13.3. The first-order chi connectivity index (χ1) is 11.5. The highest BCUT2D eigenvalue weighted by atomic mass is 19.1. The summed E-state index contributed by atoms with van der Waals surface area (Å²) in [7, 11) is 0. The third-order valence-electron chi connectivity index (χ3n) is 4.01. The van der Waals surface area contributed by atoms with Gasteiger partial charge in [0.2, 0.25) is 5.91 Å². The number of cyclic esters (lactones) is 1. The van der Waals surface area contributed by atoms with Gasteiger partial charge in [-0.25, -0.2) is 9.18 Å². The Morgan fingerprint density at radius 1 is 1.42 bits per heavy atom. The Hall–Kier alpha value is -2.41. The van der Waals surface area contributed by atoms with Crippen LogP contribution in [0.4, 0.5) is 14.9 Å². The molecule has 0 aliphatic carbocycles. The number of nitrogens with zero attached hydrogens (tertiary/aromatic N) is 1. The lowest BCUT2D eigenvalue weighted by Crippen LogP contribution is -2.33. The molecule has 0 bridgehead atoms. The third kappa shape index (κ3) is 3.56. The average molecular weight is 334 g/mol. The molecule has 2 atom stereocenters. The molecule has 2 unspecified atom stereocenters. The summed E-state index contributed by atoms with van der Waals surface area (Å²) in [5.41, 5.74) is 0.906. The minimum atomic E-state index is -0.547. The highest BCUT2D eigenvalue weighted by Crippen LogP contribution is 2.30. The first-order valence-corrected chi connectivity index (χ1v) is 7.83. The molecule has 128 valence electrons. The summed E-state index contributed by atoms with van der Waals surface area (Å²) in [6, 6.07) is 4.64. The van der Waals surface area contributed by atoms with E-state index in [4.69, 9.17) is 9.47 Å². The van der Waals surface area contributed by atoms with Gasteiger partial charge in [-0.2, -0.15) is 0 Å². The number of amides is 2. The maximum atomic E-state index is 14.4. The number of carbonyl (C=O) groups is 2. The minimum Gasteiger partial charge on any atom is -0.442 e. The lowest BCUT2D eigenvalue weighted by molar-refractivity contribution is -0.119. The van der Waals surface area contributed by atoms with Crippen LogP contribution in [0.1, 0.15) is 25.0 Å². The zero-order valence-electron chi connectivity index (χ0n) is 13.3. The molecule has 0 aromatic heterocycles. The number of hydrogen-bond donors (Lipinski definition) is 1. The molecule has 7 heteroatoms. The van der Waals surface area contributed by atoms with Crippen molar-refractivity contribution >= 4 is 17.7 Å². The molecule has 1 N–H and O–H groups in total. The van der Waals surface area contributed by atoms with Crippen LogP contribution in [0, 0.1) is 5.82 Å². The zero-order chi connectivity index (χ0) is 17.1. The van der Waals surface area contributed by atoms with Gasteiger partial charge in [0.15, 0.2) is 0 Å². The number of halogens is 1. The fourth-order valence-corrected chi connectivity index (χ4v) is 2.79. The van der Waals surface area contributed by atoms with Crippen molar-refractivity contribution in [2.45, 2.75) is 25.6 Å². The van der Waals surface area contributed by atoms with Crippen molar-refractivity contribution in [2.24, 2.45) is 0 Å². The summed E-state index contributed by atoms with van der Waals surface area (Å²) in [6.07, 6.45) is 3.19. The van der Waals surface area contributed by atoms with Crippen LogP contribution in [0.5, 0.6) is 0 Å². The van der Waals surface area contributed by atoms with Gasteiger partial charge in [-0.05, 0) is 18.6 Å². The molecular formula is C17H19FN2O4. The number of carbonyl (C=O) groups excluding carboxylic acids is 2. The summed E-state index contributed by atoms with van der Waals surface area (Å²) >= 11 is 0. The van der Waals surface area contributed by atoms with E-state index >= 15 is 0 Å². The van der Waals surface area contributed by atoms with Crippen molar-refractivity contribution in [3.63, 3.8) is 0 Å². The Kier molecular flexibility index (Phi) is 4.80. The number of hydrogen-bond acceptors (Lipinski definition) is 4. The summed E-state index contributed by atoms with van der Waals surface area (Å²) < 4.78 is 25.1. The van der Waals surface area contributed by atoms with Crippen molar-refractivity contribution in [2.75, 3.05) is 24.6 Å². The number of nitrogens with one attached hydrogen (secondary N) is 1. The first-order valence-electron chi connectivity index (χ1n) is 7.83. The van der Waals surface area contributed by atoms with Gasteiger partial charge in [0, 0.05) is 12.5 Å². The minimum absolute atomic E-state index is 0.193. The Morgan fingerprint density at radius 3 is 2.92 bits per heavy atom.